The van der Waals surface area contributed by atoms with Crippen molar-refractivity contribution in [2.24, 2.45) is 0 Å². The van der Waals surface area contributed by atoms with Crippen molar-refractivity contribution >= 4 is 27.3 Å². The smallest absolute Gasteiger partial charge is 0.324 e. The number of hydrogen-bond acceptors (Lipinski definition) is 3. The number of alkyl halides is 3. The second-order valence-electron chi connectivity index (χ2n) is 6.11. The summed E-state index contributed by atoms with van der Waals surface area (Å²) in [5.74, 6) is -0.876. The van der Waals surface area contributed by atoms with E-state index >= 15 is 0 Å². The lowest BCUT2D eigenvalue weighted by atomic mass is 10.1. The van der Waals surface area contributed by atoms with Gasteiger partial charge < -0.3 is 5.32 Å². The molecule has 0 aromatic heterocycles. The molecule has 1 N–H and O–H groups in total. The number of para-hydroxylation sites is 1. The van der Waals surface area contributed by atoms with Crippen molar-refractivity contribution in [3.63, 3.8) is 0 Å². The number of nitrogens with one attached hydrogen (secondary N) is 1. The van der Waals surface area contributed by atoms with Crippen LogP contribution in [0.25, 0.3) is 0 Å². The average Bonchev–Trinajstić information content (AvgIpc) is 2.53. The van der Waals surface area contributed by atoms with Crippen molar-refractivity contribution in [2.45, 2.75) is 26.1 Å². The molecule has 27 heavy (non-hydrogen) atoms. The number of benzene rings is 2. The number of rotatable bonds is 5. The van der Waals surface area contributed by atoms with E-state index in [1.165, 1.54) is 25.1 Å². The first-order chi connectivity index (χ1) is 12.4. The van der Waals surface area contributed by atoms with E-state index in [0.29, 0.717) is 0 Å². The minimum atomic E-state index is -4.65. The molecule has 2 aromatic carbocycles. The Labute approximate surface area is 155 Å². The minimum Gasteiger partial charge on any atom is -0.324 e. The van der Waals surface area contributed by atoms with Gasteiger partial charge in [0, 0.05) is 0 Å². The highest BCUT2D eigenvalue weighted by molar-refractivity contribution is 7.92. The number of carbonyl (C=O) groups excluding carboxylic acids is 1. The first kappa shape index (κ1) is 20.8. The van der Waals surface area contributed by atoms with Crippen LogP contribution < -0.4 is 9.62 Å². The van der Waals surface area contributed by atoms with Gasteiger partial charge in [-0.2, -0.15) is 13.2 Å². The van der Waals surface area contributed by atoms with Gasteiger partial charge in [0.1, 0.15) is 6.04 Å². The summed E-state index contributed by atoms with van der Waals surface area (Å²) in [4.78, 5) is 12.6. The maximum Gasteiger partial charge on any atom is 0.418 e. The van der Waals surface area contributed by atoms with Crippen molar-refractivity contribution in [3.05, 3.63) is 59.7 Å². The zero-order chi connectivity index (χ0) is 20.4. The van der Waals surface area contributed by atoms with Crippen molar-refractivity contribution in [2.75, 3.05) is 15.9 Å². The summed E-state index contributed by atoms with van der Waals surface area (Å²) in [6.45, 7) is 3.07. The molecule has 2 rings (SSSR count). The lowest BCUT2D eigenvalue weighted by Crippen LogP contribution is -2.45. The predicted octanol–water partition coefficient (Wildman–Crippen LogP) is 3.81. The molecular formula is C18H19F3N2O3S. The Balaban J connectivity index is 2.38. The van der Waals surface area contributed by atoms with Gasteiger partial charge >= 0.3 is 6.18 Å². The number of anilines is 2. The third kappa shape index (κ3) is 5.00. The number of hydrogen-bond donors (Lipinski definition) is 1. The van der Waals surface area contributed by atoms with Crippen LogP contribution in [0.2, 0.25) is 0 Å². The molecule has 0 saturated carbocycles. The van der Waals surface area contributed by atoms with Crippen LogP contribution in [-0.4, -0.2) is 26.6 Å². The molecule has 0 radical (unpaired) electrons. The van der Waals surface area contributed by atoms with Gasteiger partial charge in [-0.15, -0.1) is 0 Å². The maximum absolute atomic E-state index is 13.1. The quantitative estimate of drug-likeness (QED) is 0.830. The second-order valence-corrected chi connectivity index (χ2v) is 7.97. The molecule has 1 unspecified atom stereocenters. The molecule has 0 aliphatic carbocycles. The van der Waals surface area contributed by atoms with Gasteiger partial charge in [-0.1, -0.05) is 24.3 Å². The number of amides is 1. The van der Waals surface area contributed by atoms with Gasteiger partial charge in [0.2, 0.25) is 15.9 Å². The summed E-state index contributed by atoms with van der Waals surface area (Å²) < 4.78 is 64.6. The summed E-state index contributed by atoms with van der Waals surface area (Å²) in [5, 5.41) is 2.19. The Kier molecular flexibility index (Phi) is 5.84. The Morgan fingerprint density at radius 1 is 1.11 bits per heavy atom. The minimum absolute atomic E-state index is 0.254. The van der Waals surface area contributed by atoms with E-state index in [4.69, 9.17) is 0 Å². The van der Waals surface area contributed by atoms with E-state index in [1.807, 2.05) is 0 Å². The first-order valence-corrected chi connectivity index (χ1v) is 9.79. The van der Waals surface area contributed by atoms with Gasteiger partial charge in [-0.05, 0) is 43.7 Å². The van der Waals surface area contributed by atoms with E-state index in [9.17, 15) is 26.4 Å². The summed E-state index contributed by atoms with van der Waals surface area (Å²) in [7, 11) is -3.86. The van der Waals surface area contributed by atoms with Gasteiger partial charge in [-0.25, -0.2) is 8.42 Å². The molecule has 0 saturated heterocycles. The van der Waals surface area contributed by atoms with Crippen molar-refractivity contribution in [1.82, 2.24) is 0 Å². The first-order valence-electron chi connectivity index (χ1n) is 7.94. The molecule has 9 heteroatoms. The zero-order valence-electron chi connectivity index (χ0n) is 14.9. The highest BCUT2D eigenvalue weighted by Crippen LogP contribution is 2.34. The molecule has 0 aliphatic rings. The van der Waals surface area contributed by atoms with Crippen LogP contribution in [0.5, 0.6) is 0 Å². The molecule has 0 fully saturated rings. The molecule has 0 spiro atoms. The highest BCUT2D eigenvalue weighted by Gasteiger charge is 2.35. The SMILES string of the molecule is Cc1cccc(N(C(C)C(=O)Nc2ccccc2C(F)(F)F)S(C)(=O)=O)c1. The van der Waals surface area contributed by atoms with E-state index in [1.54, 1.807) is 25.1 Å². The fraction of sp³-hybridized carbons (Fsp3) is 0.278. The Bertz CT molecular complexity index is 943. The molecule has 146 valence electrons. The second kappa shape index (κ2) is 7.59. The molecule has 1 atom stereocenters. The molecule has 2 aromatic rings. The van der Waals surface area contributed by atoms with Gasteiger partial charge in [0.25, 0.3) is 0 Å². The maximum atomic E-state index is 13.1. The lowest BCUT2D eigenvalue weighted by Gasteiger charge is -2.28. The third-order valence-electron chi connectivity index (χ3n) is 3.83. The predicted molar refractivity (Wildman–Crippen MR) is 98.0 cm³/mol. The fourth-order valence-electron chi connectivity index (χ4n) is 2.65. The molecule has 0 aliphatic heterocycles. The van der Waals surface area contributed by atoms with Crippen LogP contribution in [-0.2, 0) is 21.0 Å². The number of nitrogens with zero attached hydrogens (tertiary/aromatic N) is 1. The summed E-state index contributed by atoms with van der Waals surface area (Å²) in [6, 6.07) is 9.74. The Morgan fingerprint density at radius 2 is 1.74 bits per heavy atom. The number of halogens is 3. The van der Waals surface area contributed by atoms with Crippen molar-refractivity contribution in [3.8, 4) is 0 Å². The van der Waals surface area contributed by atoms with Crippen molar-refractivity contribution in [1.29, 1.82) is 0 Å². The van der Waals surface area contributed by atoms with Gasteiger partial charge in [0.05, 0.1) is 23.2 Å². The fourth-order valence-corrected chi connectivity index (χ4v) is 3.82. The van der Waals surface area contributed by atoms with E-state index in [-0.39, 0.29) is 5.69 Å². The van der Waals surface area contributed by atoms with E-state index < -0.39 is 39.4 Å². The topological polar surface area (TPSA) is 66.5 Å². The number of carbonyl (C=O) groups is 1. The Hall–Kier alpha value is -2.55. The molecule has 0 heterocycles. The van der Waals surface area contributed by atoms with Crippen LogP contribution in [0.15, 0.2) is 48.5 Å². The van der Waals surface area contributed by atoms with Crippen molar-refractivity contribution < 1.29 is 26.4 Å². The highest BCUT2D eigenvalue weighted by atomic mass is 32.2. The monoisotopic (exact) mass is 400 g/mol. The summed E-state index contributed by atoms with van der Waals surface area (Å²) in [5.41, 5.74) is -0.410. The standard InChI is InChI=1S/C18H19F3N2O3S/c1-12-7-6-8-14(11-12)23(27(3,25)26)13(2)17(24)22-16-10-5-4-9-15(16)18(19,20)21/h4-11,13H,1-3H3,(H,22,24). The lowest BCUT2D eigenvalue weighted by molar-refractivity contribution is -0.137. The average molecular weight is 400 g/mol. The van der Waals surface area contributed by atoms with Crippen LogP contribution in [0.4, 0.5) is 24.5 Å². The van der Waals surface area contributed by atoms with Crippen LogP contribution in [0.1, 0.15) is 18.1 Å². The van der Waals surface area contributed by atoms with Crippen LogP contribution in [0, 0.1) is 6.92 Å². The number of aryl methyl sites for hydroxylation is 1. The van der Waals surface area contributed by atoms with Crippen LogP contribution in [0.3, 0.4) is 0 Å². The van der Waals surface area contributed by atoms with E-state index in [2.05, 4.69) is 5.32 Å². The molecule has 1 amide bonds. The van der Waals surface area contributed by atoms with Gasteiger partial charge in [-0.3, -0.25) is 9.10 Å². The van der Waals surface area contributed by atoms with Crippen LogP contribution >= 0.6 is 0 Å². The largest absolute Gasteiger partial charge is 0.418 e. The molecule has 5 nitrogen and oxygen atoms in total. The zero-order valence-corrected chi connectivity index (χ0v) is 15.7. The normalized spacial score (nSPS) is 13.1. The van der Waals surface area contributed by atoms with Gasteiger partial charge in [0.15, 0.2) is 0 Å². The van der Waals surface area contributed by atoms with E-state index in [0.717, 1.165) is 28.3 Å². The Morgan fingerprint density at radius 3 is 2.30 bits per heavy atom. The molecular weight excluding hydrogens is 381 g/mol. The number of sulfonamides is 1. The molecule has 0 bridgehead atoms. The summed E-state index contributed by atoms with van der Waals surface area (Å²) >= 11 is 0. The summed E-state index contributed by atoms with van der Waals surface area (Å²) in [6.07, 6.45) is -3.72. The third-order valence-corrected chi connectivity index (χ3v) is 5.08.